The van der Waals surface area contributed by atoms with E-state index in [0.717, 1.165) is 6.07 Å². The summed E-state index contributed by atoms with van der Waals surface area (Å²) in [6, 6.07) is 2.72. The molecule has 78 valence electrons. The van der Waals surface area contributed by atoms with E-state index in [4.69, 9.17) is 0 Å². The van der Waals surface area contributed by atoms with Crippen LogP contribution in [0.5, 0.6) is 0 Å². The molecule has 5 heteroatoms. The topological polar surface area (TPSA) is 12.9 Å². The molecule has 0 aliphatic heterocycles. The Bertz CT molecular complexity index is 333. The zero-order valence-electron chi connectivity index (χ0n) is 7.69. The van der Waals surface area contributed by atoms with Crippen molar-refractivity contribution in [3.05, 3.63) is 27.1 Å². The summed E-state index contributed by atoms with van der Waals surface area (Å²) < 4.78 is 37.6. The van der Waals surface area contributed by atoms with E-state index in [-0.39, 0.29) is 5.92 Å². The molecule has 0 unspecified atom stereocenters. The maximum absolute atomic E-state index is 12.3. The van der Waals surface area contributed by atoms with Gasteiger partial charge in [-0.15, -0.1) is 0 Å². The van der Waals surface area contributed by atoms with E-state index < -0.39 is 11.9 Å². The lowest BCUT2D eigenvalue weighted by Gasteiger charge is -2.10. The third kappa shape index (κ3) is 2.83. The third-order valence-corrected chi connectivity index (χ3v) is 2.31. The summed E-state index contributed by atoms with van der Waals surface area (Å²) in [6.45, 7) is 3.64. The fourth-order valence-electron chi connectivity index (χ4n) is 0.958. The van der Waals surface area contributed by atoms with Gasteiger partial charge in [-0.1, -0.05) is 13.8 Å². The molecule has 0 spiro atoms. The second kappa shape index (κ2) is 4.04. The average molecular weight is 315 g/mol. The van der Waals surface area contributed by atoms with Crippen LogP contribution < -0.4 is 0 Å². The van der Waals surface area contributed by atoms with Gasteiger partial charge in [0.1, 0.15) is 5.69 Å². The van der Waals surface area contributed by atoms with Crippen molar-refractivity contribution in [2.24, 2.45) is 0 Å². The maximum atomic E-state index is 12.3. The lowest BCUT2D eigenvalue weighted by atomic mass is 10.1. The van der Waals surface area contributed by atoms with Gasteiger partial charge in [-0.3, -0.25) is 0 Å². The highest BCUT2D eigenvalue weighted by Gasteiger charge is 2.33. The van der Waals surface area contributed by atoms with Crippen LogP contribution in [0.4, 0.5) is 13.2 Å². The van der Waals surface area contributed by atoms with Crippen LogP contribution in [0.15, 0.2) is 12.1 Å². The Hall–Kier alpha value is -0.330. The Labute approximate surface area is 93.9 Å². The van der Waals surface area contributed by atoms with Crippen LogP contribution in [0.1, 0.15) is 31.2 Å². The van der Waals surface area contributed by atoms with Crippen molar-refractivity contribution in [2.75, 3.05) is 0 Å². The zero-order chi connectivity index (χ0) is 10.9. The summed E-state index contributed by atoms with van der Waals surface area (Å²) in [6.07, 6.45) is -4.36. The maximum Gasteiger partial charge on any atom is 0.433 e. The zero-order valence-corrected chi connectivity index (χ0v) is 9.85. The minimum atomic E-state index is -4.36. The predicted octanol–water partition coefficient (Wildman–Crippen LogP) is 3.83. The van der Waals surface area contributed by atoms with Gasteiger partial charge in [0, 0.05) is 9.26 Å². The third-order valence-electron chi connectivity index (χ3n) is 1.69. The van der Waals surface area contributed by atoms with Gasteiger partial charge in [0.2, 0.25) is 0 Å². The molecule has 1 aromatic heterocycles. The van der Waals surface area contributed by atoms with Crippen LogP contribution in [0, 0.1) is 3.57 Å². The van der Waals surface area contributed by atoms with E-state index in [1.165, 1.54) is 0 Å². The monoisotopic (exact) mass is 315 g/mol. The first-order chi connectivity index (χ1) is 6.30. The highest BCUT2D eigenvalue weighted by Crippen LogP contribution is 2.30. The first kappa shape index (κ1) is 11.7. The molecule has 0 aliphatic carbocycles. The summed E-state index contributed by atoms with van der Waals surface area (Å²) in [7, 11) is 0. The fourth-order valence-corrected chi connectivity index (χ4v) is 1.57. The van der Waals surface area contributed by atoms with E-state index in [9.17, 15) is 13.2 Å². The van der Waals surface area contributed by atoms with Crippen molar-refractivity contribution in [3.63, 3.8) is 0 Å². The van der Waals surface area contributed by atoms with Gasteiger partial charge >= 0.3 is 6.18 Å². The van der Waals surface area contributed by atoms with Crippen LogP contribution in [-0.2, 0) is 6.18 Å². The summed E-state index contributed by atoms with van der Waals surface area (Å²) >= 11 is 1.86. The first-order valence-corrected chi connectivity index (χ1v) is 5.13. The second-order valence-corrected chi connectivity index (χ2v) is 4.49. The molecule has 1 rings (SSSR count). The number of halogens is 4. The molecular weight excluding hydrogens is 306 g/mol. The standard InChI is InChI=1S/C9H9F3IN/c1-5(2)7-3-6(13)4-8(14-7)9(10,11)12/h3-5H,1-2H3. The van der Waals surface area contributed by atoms with Crippen molar-refractivity contribution in [1.82, 2.24) is 4.98 Å². The van der Waals surface area contributed by atoms with Gasteiger partial charge in [-0.25, -0.2) is 4.98 Å². The molecule has 0 atom stereocenters. The quantitative estimate of drug-likeness (QED) is 0.718. The van der Waals surface area contributed by atoms with Crippen molar-refractivity contribution in [1.29, 1.82) is 0 Å². The molecule has 0 aliphatic rings. The summed E-state index contributed by atoms with van der Waals surface area (Å²) in [5.41, 5.74) is -0.336. The summed E-state index contributed by atoms with van der Waals surface area (Å²) in [4.78, 5) is 3.57. The molecule has 1 nitrogen and oxygen atoms in total. The Morgan fingerprint density at radius 3 is 2.29 bits per heavy atom. The first-order valence-electron chi connectivity index (χ1n) is 4.05. The lowest BCUT2D eigenvalue weighted by molar-refractivity contribution is -0.141. The van der Waals surface area contributed by atoms with Crippen LogP contribution in [0.2, 0.25) is 0 Å². The molecule has 0 bridgehead atoms. The fraction of sp³-hybridized carbons (Fsp3) is 0.444. The van der Waals surface area contributed by atoms with Gasteiger partial charge < -0.3 is 0 Å². The Balaban J connectivity index is 3.21. The minimum Gasteiger partial charge on any atom is -0.248 e. The molecule has 0 fully saturated rings. The highest BCUT2D eigenvalue weighted by atomic mass is 127. The van der Waals surface area contributed by atoms with Crippen molar-refractivity contribution < 1.29 is 13.2 Å². The second-order valence-electron chi connectivity index (χ2n) is 3.25. The van der Waals surface area contributed by atoms with Gasteiger partial charge in [0.15, 0.2) is 0 Å². The van der Waals surface area contributed by atoms with E-state index >= 15 is 0 Å². The number of aromatic nitrogens is 1. The van der Waals surface area contributed by atoms with E-state index in [0.29, 0.717) is 9.26 Å². The van der Waals surface area contributed by atoms with E-state index in [2.05, 4.69) is 4.98 Å². The smallest absolute Gasteiger partial charge is 0.248 e. The number of rotatable bonds is 1. The molecule has 0 saturated heterocycles. The van der Waals surface area contributed by atoms with E-state index in [1.807, 2.05) is 36.4 Å². The number of alkyl halides is 3. The lowest BCUT2D eigenvalue weighted by Crippen LogP contribution is -2.10. The number of nitrogens with zero attached hydrogens (tertiary/aromatic N) is 1. The summed E-state index contributed by atoms with van der Waals surface area (Å²) in [5.74, 6) is 0.00539. The van der Waals surface area contributed by atoms with Gasteiger partial charge in [0.05, 0.1) is 0 Å². The number of hydrogen-bond acceptors (Lipinski definition) is 1. The Morgan fingerprint density at radius 2 is 1.86 bits per heavy atom. The highest BCUT2D eigenvalue weighted by molar-refractivity contribution is 14.1. The van der Waals surface area contributed by atoms with E-state index in [1.54, 1.807) is 6.07 Å². The van der Waals surface area contributed by atoms with Gasteiger partial charge in [-0.2, -0.15) is 13.2 Å². The van der Waals surface area contributed by atoms with Crippen molar-refractivity contribution >= 4 is 22.6 Å². The molecule has 0 amide bonds. The average Bonchev–Trinajstić information content (AvgIpc) is 2.01. The molecule has 0 radical (unpaired) electrons. The largest absolute Gasteiger partial charge is 0.433 e. The van der Waals surface area contributed by atoms with Crippen molar-refractivity contribution in [3.8, 4) is 0 Å². The molecule has 1 heterocycles. The molecule has 0 N–H and O–H groups in total. The SMILES string of the molecule is CC(C)c1cc(I)cc(C(F)(F)F)n1. The molecule has 0 aromatic carbocycles. The molecule has 1 aromatic rings. The van der Waals surface area contributed by atoms with Gasteiger partial charge in [0.25, 0.3) is 0 Å². The van der Waals surface area contributed by atoms with Gasteiger partial charge in [-0.05, 0) is 40.6 Å². The molecule has 0 saturated carbocycles. The number of pyridine rings is 1. The minimum absolute atomic E-state index is 0.00539. The van der Waals surface area contributed by atoms with Crippen LogP contribution in [-0.4, -0.2) is 4.98 Å². The van der Waals surface area contributed by atoms with Crippen LogP contribution >= 0.6 is 22.6 Å². The van der Waals surface area contributed by atoms with Crippen LogP contribution in [0.25, 0.3) is 0 Å². The van der Waals surface area contributed by atoms with Crippen molar-refractivity contribution in [2.45, 2.75) is 25.9 Å². The molecule has 14 heavy (non-hydrogen) atoms. The van der Waals surface area contributed by atoms with Crippen LogP contribution in [0.3, 0.4) is 0 Å². The summed E-state index contributed by atoms with van der Waals surface area (Å²) in [5, 5.41) is 0. The number of hydrogen-bond donors (Lipinski definition) is 0. The molecular formula is C9H9F3IN. The Kier molecular flexibility index (Phi) is 3.39. The Morgan fingerprint density at radius 1 is 1.29 bits per heavy atom. The normalized spacial score (nSPS) is 12.2. The predicted molar refractivity (Wildman–Crippen MR) is 56.0 cm³/mol.